The van der Waals surface area contributed by atoms with Crippen LogP contribution in [0.2, 0.25) is 0 Å². The molecule has 0 bridgehead atoms. The van der Waals surface area contributed by atoms with Crippen LogP contribution in [0.15, 0.2) is 52.4 Å². The Kier molecular flexibility index (Phi) is 6.23. The summed E-state index contributed by atoms with van der Waals surface area (Å²) in [6.07, 6.45) is 5.44. The molecular weight excluding hydrogens is 394 g/mol. The largest absolute Gasteiger partial charge is 0.325 e. The van der Waals surface area contributed by atoms with Gasteiger partial charge in [-0.2, -0.15) is 0 Å². The third-order valence-electron chi connectivity index (χ3n) is 5.70. The summed E-state index contributed by atoms with van der Waals surface area (Å²) in [7, 11) is 0. The Morgan fingerprint density at radius 1 is 1.13 bits per heavy atom. The van der Waals surface area contributed by atoms with E-state index in [4.69, 9.17) is 4.98 Å². The summed E-state index contributed by atoms with van der Waals surface area (Å²) < 4.78 is 1.84. The molecule has 1 heterocycles. The molecule has 0 aliphatic heterocycles. The van der Waals surface area contributed by atoms with Crippen molar-refractivity contribution in [3.8, 4) is 0 Å². The predicted molar refractivity (Wildman–Crippen MR) is 123 cm³/mol. The lowest BCUT2D eigenvalue weighted by Gasteiger charge is -2.26. The summed E-state index contributed by atoms with van der Waals surface area (Å²) in [5.41, 5.74) is 3.71. The zero-order valence-electron chi connectivity index (χ0n) is 17.5. The average molecular weight is 422 g/mol. The molecule has 3 aromatic rings. The summed E-state index contributed by atoms with van der Waals surface area (Å²) in [5, 5.41) is 4.27. The van der Waals surface area contributed by atoms with Gasteiger partial charge in [0.15, 0.2) is 5.16 Å². The molecule has 0 saturated heterocycles. The van der Waals surface area contributed by atoms with Crippen molar-refractivity contribution in [1.29, 1.82) is 0 Å². The first-order valence-electron chi connectivity index (χ1n) is 10.5. The SMILES string of the molecule is Cc1ccc(NC(=O)CSc2nc3ccccc3c(=O)n2C2CCCCC2)c(C)c1. The molecule has 4 rings (SSSR count). The third kappa shape index (κ3) is 4.43. The number of carbonyl (C=O) groups is 1. The maximum absolute atomic E-state index is 13.3. The van der Waals surface area contributed by atoms with E-state index in [1.807, 2.05) is 60.9 Å². The molecule has 0 spiro atoms. The van der Waals surface area contributed by atoms with Crippen LogP contribution in [0, 0.1) is 13.8 Å². The molecule has 1 fully saturated rings. The number of carbonyl (C=O) groups excluding carboxylic acids is 1. The topological polar surface area (TPSA) is 64.0 Å². The lowest BCUT2D eigenvalue weighted by atomic mass is 9.95. The Hall–Kier alpha value is -2.60. The molecule has 0 atom stereocenters. The maximum atomic E-state index is 13.3. The summed E-state index contributed by atoms with van der Waals surface area (Å²) in [6.45, 7) is 4.02. The number of aromatic nitrogens is 2. The molecule has 30 heavy (non-hydrogen) atoms. The highest BCUT2D eigenvalue weighted by molar-refractivity contribution is 7.99. The van der Waals surface area contributed by atoms with Crippen LogP contribution >= 0.6 is 11.8 Å². The van der Waals surface area contributed by atoms with Crippen molar-refractivity contribution in [3.63, 3.8) is 0 Å². The molecule has 1 aliphatic rings. The summed E-state index contributed by atoms with van der Waals surface area (Å²) in [4.78, 5) is 30.6. The van der Waals surface area contributed by atoms with Gasteiger partial charge in [-0.15, -0.1) is 0 Å². The van der Waals surface area contributed by atoms with E-state index >= 15 is 0 Å². The number of nitrogens with zero attached hydrogens (tertiary/aromatic N) is 2. The van der Waals surface area contributed by atoms with E-state index in [2.05, 4.69) is 5.32 Å². The number of aryl methyl sites for hydroxylation is 2. The van der Waals surface area contributed by atoms with Gasteiger partial charge >= 0.3 is 0 Å². The van der Waals surface area contributed by atoms with Gasteiger partial charge in [0.1, 0.15) is 0 Å². The second-order valence-electron chi connectivity index (χ2n) is 8.03. The number of amides is 1. The van der Waals surface area contributed by atoms with Gasteiger partial charge in [0.25, 0.3) is 5.56 Å². The average Bonchev–Trinajstić information content (AvgIpc) is 2.75. The highest BCUT2D eigenvalue weighted by Crippen LogP contribution is 2.31. The molecule has 2 aromatic carbocycles. The second-order valence-corrected chi connectivity index (χ2v) is 8.98. The first kappa shape index (κ1) is 20.7. The fraction of sp³-hybridized carbons (Fsp3) is 0.375. The molecule has 5 nitrogen and oxygen atoms in total. The number of para-hydroxylation sites is 1. The third-order valence-corrected chi connectivity index (χ3v) is 6.66. The van der Waals surface area contributed by atoms with Crippen molar-refractivity contribution < 1.29 is 4.79 Å². The van der Waals surface area contributed by atoms with Crippen LogP contribution in [0.5, 0.6) is 0 Å². The molecule has 1 saturated carbocycles. The number of hydrogen-bond acceptors (Lipinski definition) is 4. The van der Waals surface area contributed by atoms with E-state index in [9.17, 15) is 9.59 Å². The van der Waals surface area contributed by atoms with Crippen LogP contribution in [0.4, 0.5) is 5.69 Å². The fourth-order valence-electron chi connectivity index (χ4n) is 4.16. The molecule has 1 amide bonds. The minimum Gasteiger partial charge on any atom is -0.325 e. The Balaban J connectivity index is 1.59. The van der Waals surface area contributed by atoms with Crippen LogP contribution in [-0.2, 0) is 4.79 Å². The van der Waals surface area contributed by atoms with Crippen molar-refractivity contribution in [2.75, 3.05) is 11.1 Å². The van der Waals surface area contributed by atoms with Crippen molar-refractivity contribution >= 4 is 34.3 Å². The molecule has 6 heteroatoms. The van der Waals surface area contributed by atoms with Crippen LogP contribution in [0.25, 0.3) is 10.9 Å². The predicted octanol–water partition coefficient (Wildman–Crippen LogP) is 5.25. The molecule has 0 radical (unpaired) electrons. The normalized spacial score (nSPS) is 14.7. The zero-order valence-corrected chi connectivity index (χ0v) is 18.3. The molecule has 0 unspecified atom stereocenters. The number of fused-ring (bicyclic) bond motifs is 1. The van der Waals surface area contributed by atoms with Crippen molar-refractivity contribution in [1.82, 2.24) is 9.55 Å². The molecule has 1 N–H and O–H groups in total. The number of benzene rings is 2. The zero-order chi connectivity index (χ0) is 21.1. The summed E-state index contributed by atoms with van der Waals surface area (Å²) in [5.74, 6) is 0.120. The lowest BCUT2D eigenvalue weighted by Crippen LogP contribution is -2.29. The Morgan fingerprint density at radius 2 is 1.90 bits per heavy atom. The van der Waals surface area contributed by atoms with Gasteiger partial charge < -0.3 is 5.32 Å². The van der Waals surface area contributed by atoms with E-state index in [0.717, 1.165) is 42.5 Å². The Labute approximate surface area is 180 Å². The van der Waals surface area contributed by atoms with E-state index in [0.29, 0.717) is 16.1 Å². The fourth-order valence-corrected chi connectivity index (χ4v) is 5.03. The first-order chi connectivity index (χ1) is 14.5. The lowest BCUT2D eigenvalue weighted by molar-refractivity contribution is -0.113. The first-order valence-corrected chi connectivity index (χ1v) is 11.5. The van der Waals surface area contributed by atoms with E-state index in [-0.39, 0.29) is 23.3 Å². The number of anilines is 1. The minimum absolute atomic E-state index is 0.00443. The molecule has 1 aromatic heterocycles. The van der Waals surface area contributed by atoms with Crippen LogP contribution < -0.4 is 10.9 Å². The number of rotatable bonds is 5. The Bertz CT molecular complexity index is 1130. The minimum atomic E-state index is -0.0930. The van der Waals surface area contributed by atoms with Gasteiger partial charge in [0.2, 0.25) is 5.91 Å². The van der Waals surface area contributed by atoms with E-state index in [1.165, 1.54) is 18.2 Å². The van der Waals surface area contributed by atoms with Gasteiger partial charge in [-0.05, 0) is 50.5 Å². The number of nitrogens with one attached hydrogen (secondary N) is 1. The molecule has 1 aliphatic carbocycles. The smallest absolute Gasteiger partial charge is 0.262 e. The second kappa shape index (κ2) is 9.04. The molecule has 156 valence electrons. The van der Waals surface area contributed by atoms with E-state index < -0.39 is 0 Å². The van der Waals surface area contributed by atoms with Gasteiger partial charge in [0.05, 0.1) is 16.7 Å². The highest BCUT2D eigenvalue weighted by Gasteiger charge is 2.22. The quantitative estimate of drug-likeness (QED) is 0.451. The van der Waals surface area contributed by atoms with Crippen LogP contribution in [0.3, 0.4) is 0 Å². The van der Waals surface area contributed by atoms with E-state index in [1.54, 1.807) is 0 Å². The van der Waals surface area contributed by atoms with Gasteiger partial charge in [-0.1, -0.05) is 60.9 Å². The van der Waals surface area contributed by atoms with Crippen molar-refractivity contribution in [2.24, 2.45) is 0 Å². The van der Waals surface area contributed by atoms with Gasteiger partial charge in [-0.3, -0.25) is 14.2 Å². The summed E-state index contributed by atoms with van der Waals surface area (Å²) >= 11 is 1.35. The molecular formula is C24H27N3O2S. The van der Waals surface area contributed by atoms with Crippen molar-refractivity contribution in [2.45, 2.75) is 57.1 Å². The van der Waals surface area contributed by atoms with Crippen LogP contribution in [-0.4, -0.2) is 21.2 Å². The highest BCUT2D eigenvalue weighted by atomic mass is 32.2. The Morgan fingerprint density at radius 3 is 2.67 bits per heavy atom. The summed E-state index contributed by atoms with van der Waals surface area (Å²) in [6, 6.07) is 13.6. The number of thioether (sulfide) groups is 1. The van der Waals surface area contributed by atoms with Crippen LogP contribution in [0.1, 0.15) is 49.3 Å². The number of hydrogen-bond donors (Lipinski definition) is 1. The maximum Gasteiger partial charge on any atom is 0.262 e. The monoisotopic (exact) mass is 421 g/mol. The standard InChI is InChI=1S/C24H27N3O2S/c1-16-12-13-20(17(2)14-16)25-22(28)15-30-24-26-21-11-7-6-10-19(21)23(29)27(24)18-8-4-3-5-9-18/h6-7,10-14,18H,3-5,8-9,15H2,1-2H3,(H,25,28). The van der Waals surface area contributed by atoms with Crippen molar-refractivity contribution in [3.05, 3.63) is 63.9 Å². The van der Waals surface area contributed by atoms with Gasteiger partial charge in [0, 0.05) is 11.7 Å². The van der Waals surface area contributed by atoms with Gasteiger partial charge in [-0.25, -0.2) is 4.98 Å².